The molecule has 0 radical (unpaired) electrons. The van der Waals surface area contributed by atoms with Gasteiger partial charge in [-0.1, -0.05) is 30.0 Å². The molecule has 0 spiro atoms. The van der Waals surface area contributed by atoms with Gasteiger partial charge in [-0.15, -0.1) is 5.10 Å². The summed E-state index contributed by atoms with van der Waals surface area (Å²) < 4.78 is 45.8. The molecule has 148 valence electrons. The van der Waals surface area contributed by atoms with Crippen LogP contribution in [0.5, 0.6) is 0 Å². The lowest BCUT2D eigenvalue weighted by atomic mass is 10.1. The molecule has 0 N–H and O–H groups in total. The van der Waals surface area contributed by atoms with Crippen molar-refractivity contribution in [3.05, 3.63) is 52.3 Å². The Morgan fingerprint density at radius 2 is 1.93 bits per heavy atom. The molecule has 10 heteroatoms. The van der Waals surface area contributed by atoms with Crippen LogP contribution in [0.25, 0.3) is 5.78 Å². The highest BCUT2D eigenvalue weighted by Crippen LogP contribution is 2.32. The first kappa shape index (κ1) is 20.1. The molecule has 3 aromatic rings. The van der Waals surface area contributed by atoms with Crippen LogP contribution in [0.4, 0.5) is 13.2 Å². The Balaban J connectivity index is 1.77. The van der Waals surface area contributed by atoms with Gasteiger partial charge in [0.1, 0.15) is 6.61 Å². The van der Waals surface area contributed by atoms with Crippen molar-refractivity contribution in [2.45, 2.75) is 38.2 Å². The third-order valence-corrected chi connectivity index (χ3v) is 4.78. The van der Waals surface area contributed by atoms with Gasteiger partial charge in [-0.25, -0.2) is 9.50 Å². The van der Waals surface area contributed by atoms with E-state index < -0.39 is 24.3 Å². The minimum absolute atomic E-state index is 0.0914. The number of nitrogens with zero attached hydrogens (tertiary/aromatic N) is 4. The lowest BCUT2D eigenvalue weighted by Gasteiger charge is -2.13. The van der Waals surface area contributed by atoms with E-state index >= 15 is 0 Å². The number of carbonyl (C=O) groups is 1. The first-order chi connectivity index (χ1) is 13.2. The summed E-state index contributed by atoms with van der Waals surface area (Å²) in [6, 6.07) is 5.02. The average Bonchev–Trinajstić information content (AvgIpc) is 3.06. The number of thioether (sulfide) groups is 1. The summed E-state index contributed by atoms with van der Waals surface area (Å²) in [6.45, 7) is 3.06. The van der Waals surface area contributed by atoms with E-state index in [4.69, 9.17) is 4.74 Å². The Hall–Kier alpha value is -2.62. The normalized spacial score (nSPS) is 11.8. The first-order valence-electron chi connectivity index (χ1n) is 8.28. The van der Waals surface area contributed by atoms with E-state index in [0.29, 0.717) is 27.9 Å². The quantitative estimate of drug-likeness (QED) is 0.471. The van der Waals surface area contributed by atoms with E-state index in [2.05, 4.69) is 15.1 Å². The van der Waals surface area contributed by atoms with Crippen LogP contribution in [0.2, 0.25) is 0 Å². The Labute approximate surface area is 163 Å². The van der Waals surface area contributed by atoms with Crippen LogP contribution in [0.3, 0.4) is 0 Å². The largest absolute Gasteiger partial charge is 0.461 e. The molecule has 0 fully saturated rings. The maximum atomic E-state index is 13.0. The van der Waals surface area contributed by atoms with Crippen LogP contribution in [0.1, 0.15) is 28.1 Å². The molecule has 6 nitrogen and oxygen atoms in total. The van der Waals surface area contributed by atoms with Crippen LogP contribution < -0.4 is 0 Å². The molecule has 2 heterocycles. The van der Waals surface area contributed by atoms with Crippen LogP contribution in [-0.2, 0) is 28.7 Å². The van der Waals surface area contributed by atoms with Gasteiger partial charge in [0.05, 0.1) is 12.0 Å². The van der Waals surface area contributed by atoms with Gasteiger partial charge in [0.25, 0.3) is 5.78 Å². The summed E-state index contributed by atoms with van der Waals surface area (Å²) in [7, 11) is 0. The molecule has 1 aromatic carbocycles. The minimum atomic E-state index is -4.51. The molecule has 0 aliphatic rings. The predicted octanol–water partition coefficient (Wildman–Crippen LogP) is 3.77. The van der Waals surface area contributed by atoms with Crippen LogP contribution >= 0.6 is 11.8 Å². The zero-order valence-electron chi connectivity index (χ0n) is 15.4. The second kappa shape index (κ2) is 7.78. The van der Waals surface area contributed by atoms with Gasteiger partial charge in [0.15, 0.2) is 0 Å². The molecule has 0 aliphatic carbocycles. The number of halogens is 3. The summed E-state index contributed by atoms with van der Waals surface area (Å²) in [5, 5.41) is 4.86. The Kier molecular flexibility index (Phi) is 5.59. The molecular weight excluding hydrogens is 393 g/mol. The fourth-order valence-electron chi connectivity index (χ4n) is 2.81. The van der Waals surface area contributed by atoms with E-state index in [-0.39, 0.29) is 12.0 Å². The highest BCUT2D eigenvalue weighted by Gasteiger charge is 2.33. The van der Waals surface area contributed by atoms with Crippen molar-refractivity contribution in [1.29, 1.82) is 0 Å². The Bertz CT molecular complexity index is 1030. The average molecular weight is 410 g/mol. The van der Waals surface area contributed by atoms with Gasteiger partial charge < -0.3 is 4.74 Å². The predicted molar refractivity (Wildman–Crippen MR) is 97.0 cm³/mol. The van der Waals surface area contributed by atoms with Gasteiger partial charge in [0, 0.05) is 22.5 Å². The van der Waals surface area contributed by atoms with E-state index in [1.807, 2.05) is 6.26 Å². The molecule has 0 aliphatic heterocycles. The minimum Gasteiger partial charge on any atom is -0.461 e. The summed E-state index contributed by atoms with van der Waals surface area (Å²) in [5.41, 5.74) is 0.983. The summed E-state index contributed by atoms with van der Waals surface area (Å²) in [4.78, 5) is 20.9. The van der Waals surface area contributed by atoms with Crippen LogP contribution in [0.15, 0.2) is 29.4 Å². The van der Waals surface area contributed by atoms with Gasteiger partial charge in [-0.05, 0) is 26.2 Å². The fourth-order valence-corrected chi connectivity index (χ4v) is 3.14. The van der Waals surface area contributed by atoms with Crippen molar-refractivity contribution in [2.75, 3.05) is 6.26 Å². The number of fused-ring (bicyclic) bond motifs is 1. The van der Waals surface area contributed by atoms with E-state index in [1.54, 1.807) is 18.4 Å². The second-order valence-electron chi connectivity index (χ2n) is 6.06. The molecule has 0 atom stereocenters. The number of carbonyl (C=O) groups excluding carboxylic acids is 1. The molecule has 0 unspecified atom stereocenters. The van der Waals surface area contributed by atoms with Crippen LogP contribution in [0, 0.1) is 13.8 Å². The molecule has 28 heavy (non-hydrogen) atoms. The van der Waals surface area contributed by atoms with E-state index in [9.17, 15) is 18.0 Å². The van der Waals surface area contributed by atoms with Crippen molar-refractivity contribution in [3.63, 3.8) is 0 Å². The summed E-state index contributed by atoms with van der Waals surface area (Å²) in [6.07, 6.45) is -2.79. The lowest BCUT2D eigenvalue weighted by molar-refractivity contribution is -0.147. The van der Waals surface area contributed by atoms with Crippen molar-refractivity contribution >= 4 is 23.5 Å². The molecule has 0 amide bonds. The van der Waals surface area contributed by atoms with Crippen molar-refractivity contribution in [3.8, 4) is 0 Å². The molecular formula is C18H17F3N4O2S. The van der Waals surface area contributed by atoms with Gasteiger partial charge in [-0.2, -0.15) is 18.2 Å². The van der Waals surface area contributed by atoms with Gasteiger partial charge in [0.2, 0.25) is 5.16 Å². The maximum Gasteiger partial charge on any atom is 0.416 e. The zero-order chi connectivity index (χ0) is 20.5. The number of aromatic nitrogens is 4. The zero-order valence-corrected chi connectivity index (χ0v) is 16.2. The highest BCUT2D eigenvalue weighted by atomic mass is 32.2. The number of hydrogen-bond donors (Lipinski definition) is 0. The number of aryl methyl sites for hydroxylation is 2. The molecule has 0 bridgehead atoms. The van der Waals surface area contributed by atoms with Gasteiger partial charge >= 0.3 is 12.1 Å². The highest BCUT2D eigenvalue weighted by molar-refractivity contribution is 7.98. The summed E-state index contributed by atoms with van der Waals surface area (Å²) >= 11 is 1.37. The van der Waals surface area contributed by atoms with Crippen molar-refractivity contribution in [1.82, 2.24) is 19.6 Å². The number of hydrogen-bond acceptors (Lipinski definition) is 6. The fraction of sp³-hybridized carbons (Fsp3) is 0.333. The third kappa shape index (κ3) is 4.11. The Morgan fingerprint density at radius 1 is 1.21 bits per heavy atom. The number of esters is 1. The number of ether oxygens (including phenoxy) is 1. The van der Waals surface area contributed by atoms with Gasteiger partial charge in [-0.3, -0.25) is 4.79 Å². The molecule has 3 rings (SSSR count). The molecule has 0 saturated heterocycles. The van der Waals surface area contributed by atoms with Crippen molar-refractivity contribution < 1.29 is 22.7 Å². The van der Waals surface area contributed by atoms with Crippen molar-refractivity contribution in [2.24, 2.45) is 0 Å². The third-order valence-electron chi connectivity index (χ3n) is 4.24. The number of alkyl halides is 3. The standard InChI is InChI=1S/C18H17F3N4O2S/c1-10-13(11(2)25-16(22-10)23-17(24-25)28-3)8-15(26)27-9-12-6-4-5-7-14(12)18(19,20)21/h4-7H,8-9H2,1-3H3. The van der Waals surface area contributed by atoms with Crippen LogP contribution in [-0.4, -0.2) is 31.8 Å². The lowest BCUT2D eigenvalue weighted by Crippen LogP contribution is -2.15. The second-order valence-corrected chi connectivity index (χ2v) is 6.84. The molecule has 0 saturated carbocycles. The maximum absolute atomic E-state index is 13.0. The van der Waals surface area contributed by atoms with E-state index in [0.717, 1.165) is 6.07 Å². The number of benzene rings is 1. The topological polar surface area (TPSA) is 69.4 Å². The molecule has 2 aromatic heterocycles. The number of rotatable bonds is 5. The van der Waals surface area contributed by atoms with E-state index in [1.165, 1.54) is 30.0 Å². The SMILES string of the molecule is CSc1nc2nc(C)c(CC(=O)OCc3ccccc3C(F)(F)F)c(C)n2n1. The monoisotopic (exact) mass is 410 g/mol. The first-order valence-corrected chi connectivity index (χ1v) is 9.50. The smallest absolute Gasteiger partial charge is 0.416 e. The summed E-state index contributed by atoms with van der Waals surface area (Å²) in [5.74, 6) is -0.217. The Morgan fingerprint density at radius 3 is 2.61 bits per heavy atom.